The molecule has 112 valence electrons. The molecule has 0 aromatic carbocycles. The number of aromatic carboxylic acids is 1. The molecule has 3 rings (SSSR count). The van der Waals surface area contributed by atoms with Gasteiger partial charge in [-0.3, -0.25) is 9.48 Å². The number of carbonyl (C=O) groups is 3. The number of β-lactam (4-membered cyclic amide) rings is 1. The summed E-state index contributed by atoms with van der Waals surface area (Å²) < 4.78 is 0.523. The highest BCUT2D eigenvalue weighted by atomic mass is 32.2. The van der Waals surface area contributed by atoms with Gasteiger partial charge in [-0.15, -0.1) is 16.9 Å². The zero-order chi connectivity index (χ0) is 15.4. The lowest BCUT2D eigenvalue weighted by Gasteiger charge is -2.36. The first-order valence-electron chi connectivity index (χ1n) is 6.17. The fraction of sp³-hybridized carbons (Fsp3) is 0.545. The van der Waals surface area contributed by atoms with Crippen LogP contribution in [0.25, 0.3) is 0 Å². The molecule has 0 bridgehead atoms. The van der Waals surface area contributed by atoms with Crippen molar-refractivity contribution in [2.24, 2.45) is 0 Å². The molecule has 2 aliphatic rings. The Balaban J connectivity index is 1.86. The molecule has 0 spiro atoms. The summed E-state index contributed by atoms with van der Waals surface area (Å²) in [7, 11) is 0. The number of carboxylic acids is 2. The SMILES string of the molecule is CC1(Cn2cc(C(=O)O)nn2)SC2CC(=O)N2C1C(=O)O. The van der Waals surface area contributed by atoms with Crippen LogP contribution in [0.15, 0.2) is 6.20 Å². The maximum absolute atomic E-state index is 11.6. The van der Waals surface area contributed by atoms with Gasteiger partial charge in [-0.1, -0.05) is 5.21 Å². The molecular weight excluding hydrogens is 300 g/mol. The smallest absolute Gasteiger partial charge is 0.358 e. The average Bonchev–Trinajstić information content (AvgIpc) is 2.91. The number of fused-ring (bicyclic) bond motifs is 1. The Morgan fingerprint density at radius 2 is 2.24 bits per heavy atom. The minimum atomic E-state index is -1.20. The van der Waals surface area contributed by atoms with Crippen LogP contribution in [0.2, 0.25) is 0 Å². The lowest BCUT2D eigenvalue weighted by Crippen LogP contribution is -2.58. The van der Waals surface area contributed by atoms with Crippen LogP contribution >= 0.6 is 11.8 Å². The van der Waals surface area contributed by atoms with Gasteiger partial charge in [0.05, 0.1) is 29.3 Å². The lowest BCUT2D eigenvalue weighted by molar-refractivity contribution is -0.157. The normalized spacial score (nSPS) is 30.9. The first kappa shape index (κ1) is 13.9. The van der Waals surface area contributed by atoms with Gasteiger partial charge in [0.1, 0.15) is 6.04 Å². The molecule has 1 aromatic heterocycles. The fourth-order valence-corrected chi connectivity index (χ4v) is 4.53. The number of hydrogen-bond donors (Lipinski definition) is 2. The van der Waals surface area contributed by atoms with Crippen molar-refractivity contribution in [2.45, 2.75) is 36.1 Å². The van der Waals surface area contributed by atoms with Gasteiger partial charge in [0.2, 0.25) is 5.91 Å². The molecule has 3 atom stereocenters. The van der Waals surface area contributed by atoms with Gasteiger partial charge < -0.3 is 15.1 Å². The minimum Gasteiger partial charge on any atom is -0.480 e. The number of rotatable bonds is 4. The van der Waals surface area contributed by atoms with Crippen LogP contribution in [0.5, 0.6) is 0 Å². The molecule has 2 N–H and O–H groups in total. The quantitative estimate of drug-likeness (QED) is 0.712. The van der Waals surface area contributed by atoms with E-state index in [0.717, 1.165) is 0 Å². The highest BCUT2D eigenvalue weighted by Crippen LogP contribution is 2.51. The third kappa shape index (κ3) is 2.06. The van der Waals surface area contributed by atoms with E-state index < -0.39 is 22.7 Å². The van der Waals surface area contributed by atoms with Crippen molar-refractivity contribution in [1.82, 2.24) is 19.9 Å². The molecule has 9 nitrogen and oxygen atoms in total. The predicted molar refractivity (Wildman–Crippen MR) is 69.7 cm³/mol. The Morgan fingerprint density at radius 1 is 1.52 bits per heavy atom. The summed E-state index contributed by atoms with van der Waals surface area (Å²) in [6.45, 7) is 1.90. The second-order valence-corrected chi connectivity index (χ2v) is 6.95. The van der Waals surface area contributed by atoms with Crippen LogP contribution in [0.4, 0.5) is 0 Å². The van der Waals surface area contributed by atoms with Gasteiger partial charge in [0.25, 0.3) is 0 Å². The maximum Gasteiger partial charge on any atom is 0.358 e. The number of carbonyl (C=O) groups excluding carboxylic acids is 1. The third-order valence-corrected chi connectivity index (χ3v) is 5.23. The molecule has 1 amide bonds. The molecule has 2 aliphatic heterocycles. The van der Waals surface area contributed by atoms with E-state index in [1.54, 1.807) is 6.92 Å². The van der Waals surface area contributed by atoms with Gasteiger partial charge in [-0.05, 0) is 6.92 Å². The summed E-state index contributed by atoms with van der Waals surface area (Å²) in [6.07, 6.45) is 1.59. The zero-order valence-electron chi connectivity index (χ0n) is 11.0. The molecule has 0 aliphatic carbocycles. The standard InChI is InChI=1S/C11H12N4O5S/c1-11(4-14-3-5(9(17)18)12-13-14)8(10(19)20)15-6(16)2-7(15)21-11/h3,7-8H,2,4H2,1H3,(H,17,18)(H,19,20). The number of aliphatic carboxylic acids is 1. The van der Waals surface area contributed by atoms with Gasteiger partial charge in [0, 0.05) is 0 Å². The van der Waals surface area contributed by atoms with E-state index in [2.05, 4.69) is 10.3 Å². The second kappa shape index (κ2) is 4.45. The number of amides is 1. The van der Waals surface area contributed by atoms with Crippen LogP contribution in [0.1, 0.15) is 23.8 Å². The van der Waals surface area contributed by atoms with Crippen LogP contribution in [0.3, 0.4) is 0 Å². The summed E-state index contributed by atoms with van der Waals surface area (Å²) in [6, 6.07) is -0.953. The third-order valence-electron chi connectivity index (χ3n) is 3.68. The number of carboxylic acid groups (broad SMARTS) is 2. The number of nitrogens with zero attached hydrogens (tertiary/aromatic N) is 4. The largest absolute Gasteiger partial charge is 0.480 e. The van der Waals surface area contributed by atoms with E-state index in [4.69, 9.17) is 5.11 Å². The van der Waals surface area contributed by atoms with E-state index in [-0.39, 0.29) is 23.5 Å². The highest BCUT2D eigenvalue weighted by Gasteiger charge is 2.60. The van der Waals surface area contributed by atoms with Crippen molar-refractivity contribution < 1.29 is 24.6 Å². The zero-order valence-corrected chi connectivity index (χ0v) is 11.8. The fourth-order valence-electron chi connectivity index (χ4n) is 2.78. The second-order valence-electron chi connectivity index (χ2n) is 5.24. The van der Waals surface area contributed by atoms with E-state index in [0.29, 0.717) is 6.42 Å². The molecule has 0 saturated carbocycles. The number of hydrogen-bond acceptors (Lipinski definition) is 6. The predicted octanol–water partition coefficient (Wildman–Crippen LogP) is -0.507. The van der Waals surface area contributed by atoms with Crippen molar-refractivity contribution in [3.8, 4) is 0 Å². The topological polar surface area (TPSA) is 126 Å². The van der Waals surface area contributed by atoms with Crippen LogP contribution in [0, 0.1) is 0 Å². The lowest BCUT2D eigenvalue weighted by atomic mass is 9.96. The Labute approximate surface area is 122 Å². The van der Waals surface area contributed by atoms with E-state index in [1.165, 1.54) is 27.5 Å². The summed E-state index contributed by atoms with van der Waals surface area (Å²) in [4.78, 5) is 35.3. The molecule has 3 unspecified atom stereocenters. The molecule has 3 heterocycles. The molecule has 2 fully saturated rings. The molecule has 10 heteroatoms. The van der Waals surface area contributed by atoms with Gasteiger partial charge in [-0.2, -0.15) is 0 Å². The average molecular weight is 312 g/mol. The van der Waals surface area contributed by atoms with Crippen LogP contribution in [-0.4, -0.2) is 64.1 Å². The minimum absolute atomic E-state index is 0.133. The Kier molecular flexibility index (Phi) is 2.94. The molecule has 21 heavy (non-hydrogen) atoms. The summed E-state index contributed by atoms with van der Waals surface area (Å²) in [5, 5.41) is 25.3. The van der Waals surface area contributed by atoms with Gasteiger partial charge >= 0.3 is 11.9 Å². The molecule has 1 aromatic rings. The first-order chi connectivity index (χ1) is 9.82. The Morgan fingerprint density at radius 3 is 2.76 bits per heavy atom. The van der Waals surface area contributed by atoms with Crippen molar-refractivity contribution in [3.05, 3.63) is 11.9 Å². The Bertz CT molecular complexity index is 646. The van der Waals surface area contributed by atoms with Crippen molar-refractivity contribution in [2.75, 3.05) is 0 Å². The van der Waals surface area contributed by atoms with E-state index in [1.807, 2.05) is 0 Å². The van der Waals surface area contributed by atoms with Crippen molar-refractivity contribution in [1.29, 1.82) is 0 Å². The van der Waals surface area contributed by atoms with Gasteiger partial charge in [0.15, 0.2) is 5.69 Å². The van der Waals surface area contributed by atoms with Gasteiger partial charge in [-0.25, -0.2) is 9.59 Å². The van der Waals surface area contributed by atoms with E-state index >= 15 is 0 Å². The highest BCUT2D eigenvalue weighted by molar-refractivity contribution is 8.01. The molecular formula is C11H12N4O5S. The first-order valence-corrected chi connectivity index (χ1v) is 7.05. The maximum atomic E-state index is 11.6. The van der Waals surface area contributed by atoms with Crippen molar-refractivity contribution >= 4 is 29.6 Å². The van der Waals surface area contributed by atoms with Crippen LogP contribution < -0.4 is 0 Å². The molecule has 2 saturated heterocycles. The molecule has 0 radical (unpaired) electrons. The Hall–Kier alpha value is -2.10. The van der Waals surface area contributed by atoms with Crippen LogP contribution in [-0.2, 0) is 16.1 Å². The van der Waals surface area contributed by atoms with Crippen molar-refractivity contribution in [3.63, 3.8) is 0 Å². The monoisotopic (exact) mass is 312 g/mol. The summed E-state index contributed by atoms with van der Waals surface area (Å²) in [5.41, 5.74) is -0.201. The van der Waals surface area contributed by atoms with E-state index in [9.17, 15) is 19.5 Å². The number of thioether (sulfide) groups is 1. The number of aromatic nitrogens is 3. The summed E-state index contributed by atoms with van der Waals surface area (Å²) in [5.74, 6) is -2.44. The summed E-state index contributed by atoms with van der Waals surface area (Å²) >= 11 is 1.40.